The van der Waals surface area contributed by atoms with Crippen LogP contribution in [0.1, 0.15) is 18.9 Å². The highest BCUT2D eigenvalue weighted by atomic mass is 16.3. The summed E-state index contributed by atoms with van der Waals surface area (Å²) in [6.45, 7) is 2.18. The first-order valence-electron chi connectivity index (χ1n) is 4.89. The van der Waals surface area contributed by atoms with Crippen LogP contribution in [0.2, 0.25) is 0 Å². The van der Waals surface area contributed by atoms with Gasteiger partial charge < -0.3 is 4.42 Å². The summed E-state index contributed by atoms with van der Waals surface area (Å²) in [5, 5.41) is 0. The van der Waals surface area contributed by atoms with Crippen LogP contribution in [-0.4, -0.2) is 4.98 Å². The molecule has 0 aliphatic carbocycles. The molecule has 2 rings (SSSR count). The molecule has 0 atom stereocenters. The van der Waals surface area contributed by atoms with Crippen molar-refractivity contribution in [2.45, 2.75) is 19.8 Å². The van der Waals surface area contributed by atoms with Gasteiger partial charge in [0.05, 0.1) is 6.20 Å². The Morgan fingerprint density at radius 1 is 1.21 bits per heavy atom. The summed E-state index contributed by atoms with van der Waals surface area (Å²) in [6.07, 6.45) is 5.56. The van der Waals surface area contributed by atoms with Crippen molar-refractivity contribution in [2.24, 2.45) is 0 Å². The maximum atomic E-state index is 5.21. The zero-order valence-electron chi connectivity index (χ0n) is 8.23. The van der Waals surface area contributed by atoms with Crippen molar-refractivity contribution in [2.75, 3.05) is 0 Å². The highest BCUT2D eigenvalue weighted by Gasteiger charge is 2.00. The molecule has 0 spiro atoms. The lowest BCUT2D eigenvalue weighted by molar-refractivity contribution is 0.574. The summed E-state index contributed by atoms with van der Waals surface area (Å²) in [6, 6.07) is 8.36. The fraction of sp³-hybridized carbons (Fsp3) is 0.250. The molecule has 0 saturated heterocycles. The van der Waals surface area contributed by atoms with Crippen LogP contribution in [0, 0.1) is 0 Å². The Hall–Kier alpha value is -1.57. The lowest BCUT2D eigenvalue weighted by Crippen LogP contribution is -1.83. The van der Waals surface area contributed by atoms with Gasteiger partial charge in [-0.15, -0.1) is 0 Å². The molecule has 1 aromatic carbocycles. The van der Waals surface area contributed by atoms with Crippen LogP contribution in [0.25, 0.3) is 11.5 Å². The van der Waals surface area contributed by atoms with Crippen LogP contribution in [-0.2, 0) is 6.42 Å². The van der Waals surface area contributed by atoms with Gasteiger partial charge >= 0.3 is 0 Å². The maximum Gasteiger partial charge on any atom is 0.225 e. The van der Waals surface area contributed by atoms with Gasteiger partial charge in [-0.3, -0.25) is 0 Å². The minimum atomic E-state index is 0.688. The molecule has 1 heterocycles. The van der Waals surface area contributed by atoms with Crippen LogP contribution in [0.15, 0.2) is 41.1 Å². The van der Waals surface area contributed by atoms with E-state index in [1.807, 2.05) is 0 Å². The molecule has 2 nitrogen and oxygen atoms in total. The SMILES string of the molecule is CCCc1ccc(-c2ncco2)cc1. The van der Waals surface area contributed by atoms with Crippen molar-refractivity contribution in [3.63, 3.8) is 0 Å². The van der Waals surface area contributed by atoms with Crippen LogP contribution in [0.3, 0.4) is 0 Å². The average molecular weight is 187 g/mol. The number of hydrogen-bond donors (Lipinski definition) is 0. The van der Waals surface area contributed by atoms with Crippen molar-refractivity contribution in [3.05, 3.63) is 42.3 Å². The molecule has 0 bridgehead atoms. The van der Waals surface area contributed by atoms with Crippen molar-refractivity contribution < 1.29 is 4.42 Å². The van der Waals surface area contributed by atoms with Crippen molar-refractivity contribution in [1.29, 1.82) is 0 Å². The molecule has 0 aliphatic heterocycles. The molecule has 0 aliphatic rings. The lowest BCUT2D eigenvalue weighted by atomic mass is 10.1. The molecule has 0 unspecified atom stereocenters. The third kappa shape index (κ3) is 1.84. The third-order valence-electron chi connectivity index (χ3n) is 2.17. The number of benzene rings is 1. The maximum absolute atomic E-state index is 5.21. The number of aromatic nitrogens is 1. The molecule has 14 heavy (non-hydrogen) atoms. The van der Waals surface area contributed by atoms with Gasteiger partial charge in [0, 0.05) is 5.56 Å². The first-order valence-corrected chi connectivity index (χ1v) is 4.89. The van der Waals surface area contributed by atoms with E-state index in [2.05, 4.69) is 36.2 Å². The standard InChI is InChI=1S/C12H13NO/c1-2-3-10-4-6-11(7-5-10)12-13-8-9-14-12/h4-9H,2-3H2,1H3. The molecule has 2 aromatic rings. The first-order chi connectivity index (χ1) is 6.90. The Bertz CT molecular complexity index is 375. The van der Waals surface area contributed by atoms with Gasteiger partial charge in [0.2, 0.25) is 5.89 Å². The highest BCUT2D eigenvalue weighted by molar-refractivity contribution is 5.53. The van der Waals surface area contributed by atoms with Crippen LogP contribution >= 0.6 is 0 Å². The van der Waals surface area contributed by atoms with E-state index in [0.717, 1.165) is 12.0 Å². The molecular formula is C12H13NO. The molecule has 0 fully saturated rings. The van der Waals surface area contributed by atoms with Gasteiger partial charge in [0.1, 0.15) is 6.26 Å². The van der Waals surface area contributed by atoms with Gasteiger partial charge in [0.15, 0.2) is 0 Å². The Kier molecular flexibility index (Phi) is 2.63. The Balaban J connectivity index is 2.22. The van der Waals surface area contributed by atoms with Gasteiger partial charge in [-0.1, -0.05) is 25.5 Å². The second kappa shape index (κ2) is 4.09. The van der Waals surface area contributed by atoms with Crippen LogP contribution in [0.5, 0.6) is 0 Å². The van der Waals surface area contributed by atoms with E-state index in [4.69, 9.17) is 4.42 Å². The van der Waals surface area contributed by atoms with Gasteiger partial charge in [-0.25, -0.2) is 4.98 Å². The normalized spacial score (nSPS) is 10.4. The summed E-state index contributed by atoms with van der Waals surface area (Å²) < 4.78 is 5.21. The number of hydrogen-bond acceptors (Lipinski definition) is 2. The van der Waals surface area contributed by atoms with Crippen molar-refractivity contribution in [1.82, 2.24) is 4.98 Å². The zero-order valence-corrected chi connectivity index (χ0v) is 8.23. The molecule has 1 aromatic heterocycles. The predicted octanol–water partition coefficient (Wildman–Crippen LogP) is 3.29. The number of aryl methyl sites for hydroxylation is 1. The highest BCUT2D eigenvalue weighted by Crippen LogP contribution is 2.17. The minimum Gasteiger partial charge on any atom is -0.445 e. The number of rotatable bonds is 3. The van der Waals surface area contributed by atoms with E-state index in [0.29, 0.717) is 5.89 Å². The van der Waals surface area contributed by atoms with E-state index in [-0.39, 0.29) is 0 Å². The van der Waals surface area contributed by atoms with Crippen LogP contribution in [0.4, 0.5) is 0 Å². The minimum absolute atomic E-state index is 0.688. The summed E-state index contributed by atoms with van der Waals surface area (Å²) in [4.78, 5) is 4.10. The summed E-state index contributed by atoms with van der Waals surface area (Å²) >= 11 is 0. The zero-order chi connectivity index (χ0) is 9.80. The number of nitrogens with zero attached hydrogens (tertiary/aromatic N) is 1. The molecule has 72 valence electrons. The Morgan fingerprint density at radius 3 is 2.57 bits per heavy atom. The fourth-order valence-corrected chi connectivity index (χ4v) is 1.47. The molecule has 2 heteroatoms. The topological polar surface area (TPSA) is 26.0 Å². The number of oxazole rings is 1. The summed E-state index contributed by atoms with van der Waals surface area (Å²) in [7, 11) is 0. The van der Waals surface area contributed by atoms with E-state index in [9.17, 15) is 0 Å². The van der Waals surface area contributed by atoms with Gasteiger partial charge in [-0.05, 0) is 24.1 Å². The smallest absolute Gasteiger partial charge is 0.225 e. The Labute approximate surface area is 83.6 Å². The summed E-state index contributed by atoms with van der Waals surface area (Å²) in [5.74, 6) is 0.688. The van der Waals surface area contributed by atoms with E-state index >= 15 is 0 Å². The molecule has 0 N–H and O–H groups in total. The van der Waals surface area contributed by atoms with Crippen molar-refractivity contribution >= 4 is 0 Å². The second-order valence-corrected chi connectivity index (χ2v) is 3.28. The fourth-order valence-electron chi connectivity index (χ4n) is 1.47. The van der Waals surface area contributed by atoms with E-state index < -0.39 is 0 Å². The quantitative estimate of drug-likeness (QED) is 0.736. The Morgan fingerprint density at radius 2 is 2.00 bits per heavy atom. The average Bonchev–Trinajstić information content (AvgIpc) is 2.72. The molecule has 0 saturated carbocycles. The molecular weight excluding hydrogens is 174 g/mol. The molecule has 0 amide bonds. The van der Waals surface area contributed by atoms with E-state index in [1.165, 1.54) is 12.0 Å². The van der Waals surface area contributed by atoms with Gasteiger partial charge in [-0.2, -0.15) is 0 Å². The largest absolute Gasteiger partial charge is 0.445 e. The first kappa shape index (κ1) is 9.00. The monoisotopic (exact) mass is 187 g/mol. The predicted molar refractivity (Wildman–Crippen MR) is 55.9 cm³/mol. The second-order valence-electron chi connectivity index (χ2n) is 3.28. The van der Waals surface area contributed by atoms with Crippen LogP contribution < -0.4 is 0 Å². The lowest BCUT2D eigenvalue weighted by Gasteiger charge is -1.99. The van der Waals surface area contributed by atoms with Crippen molar-refractivity contribution in [3.8, 4) is 11.5 Å². The molecule has 0 radical (unpaired) electrons. The van der Waals surface area contributed by atoms with Gasteiger partial charge in [0.25, 0.3) is 0 Å². The third-order valence-corrected chi connectivity index (χ3v) is 2.17. The summed E-state index contributed by atoms with van der Waals surface area (Å²) in [5.41, 5.74) is 2.40. The van der Waals surface area contributed by atoms with E-state index in [1.54, 1.807) is 12.5 Å².